The number of carbonyl (C=O) groups is 1. The van der Waals surface area contributed by atoms with Crippen LogP contribution in [0.1, 0.15) is 30.0 Å². The Morgan fingerprint density at radius 3 is 2.69 bits per heavy atom. The minimum Gasteiger partial charge on any atom is -0.496 e. The quantitative estimate of drug-likeness (QED) is 0.792. The van der Waals surface area contributed by atoms with E-state index < -0.39 is 0 Å². The van der Waals surface area contributed by atoms with Gasteiger partial charge in [-0.1, -0.05) is 30.3 Å². The standard InChI is InChI=1S/C21H25FN2O2/c1-23(14-17-6-3-4-8-20(17)26-2)21(25)15-24-13-5-7-19(24)16-9-11-18(22)12-10-16/h3-4,6,8-12,19H,5,7,13-15H2,1-2H3. The maximum Gasteiger partial charge on any atom is 0.236 e. The molecule has 1 aliphatic rings. The monoisotopic (exact) mass is 356 g/mol. The molecule has 1 saturated heterocycles. The van der Waals surface area contributed by atoms with Crippen molar-refractivity contribution < 1.29 is 13.9 Å². The van der Waals surface area contributed by atoms with Crippen molar-refractivity contribution >= 4 is 5.91 Å². The predicted octanol–water partition coefficient (Wildman–Crippen LogP) is 3.63. The number of rotatable bonds is 6. The van der Waals surface area contributed by atoms with Crippen molar-refractivity contribution in [3.05, 3.63) is 65.5 Å². The van der Waals surface area contributed by atoms with E-state index in [1.54, 1.807) is 12.0 Å². The van der Waals surface area contributed by atoms with Gasteiger partial charge in [0, 0.05) is 25.2 Å². The minimum absolute atomic E-state index is 0.0740. The van der Waals surface area contributed by atoms with Crippen molar-refractivity contribution in [1.82, 2.24) is 9.80 Å². The number of nitrogens with zero attached hydrogens (tertiary/aromatic N) is 2. The lowest BCUT2D eigenvalue weighted by molar-refractivity contribution is -0.131. The summed E-state index contributed by atoms with van der Waals surface area (Å²) in [6.45, 7) is 1.77. The molecule has 2 aromatic rings. The molecule has 0 radical (unpaired) electrons. The molecule has 0 aliphatic carbocycles. The summed E-state index contributed by atoms with van der Waals surface area (Å²) in [6.07, 6.45) is 2.04. The fraction of sp³-hybridized carbons (Fsp3) is 0.381. The van der Waals surface area contributed by atoms with E-state index in [2.05, 4.69) is 4.90 Å². The fourth-order valence-electron chi connectivity index (χ4n) is 3.55. The van der Waals surface area contributed by atoms with Gasteiger partial charge in [0.1, 0.15) is 11.6 Å². The van der Waals surface area contributed by atoms with Crippen molar-refractivity contribution in [1.29, 1.82) is 0 Å². The van der Waals surface area contributed by atoms with Crippen molar-refractivity contribution in [3.8, 4) is 5.75 Å². The van der Waals surface area contributed by atoms with Gasteiger partial charge in [0.05, 0.1) is 13.7 Å². The molecular weight excluding hydrogens is 331 g/mol. The normalized spacial score (nSPS) is 17.3. The van der Waals surface area contributed by atoms with Gasteiger partial charge in [0.25, 0.3) is 0 Å². The van der Waals surface area contributed by atoms with E-state index in [0.717, 1.165) is 36.3 Å². The Labute approximate surface area is 154 Å². The second-order valence-electron chi connectivity index (χ2n) is 6.74. The molecule has 5 heteroatoms. The number of para-hydroxylation sites is 1. The van der Waals surface area contributed by atoms with Crippen LogP contribution < -0.4 is 4.74 Å². The van der Waals surface area contributed by atoms with Gasteiger partial charge in [-0.3, -0.25) is 9.69 Å². The van der Waals surface area contributed by atoms with Gasteiger partial charge >= 0.3 is 0 Å². The Morgan fingerprint density at radius 1 is 1.23 bits per heavy atom. The fourth-order valence-corrected chi connectivity index (χ4v) is 3.55. The lowest BCUT2D eigenvalue weighted by Crippen LogP contribution is -2.37. The molecule has 1 heterocycles. The van der Waals surface area contributed by atoms with Crippen molar-refractivity contribution in [2.24, 2.45) is 0 Å². The number of methoxy groups -OCH3 is 1. The summed E-state index contributed by atoms with van der Waals surface area (Å²) < 4.78 is 18.5. The molecule has 0 spiro atoms. The number of ether oxygens (including phenoxy) is 1. The van der Waals surface area contributed by atoms with Gasteiger partial charge in [-0.25, -0.2) is 4.39 Å². The van der Waals surface area contributed by atoms with Crippen molar-refractivity contribution in [2.75, 3.05) is 27.2 Å². The van der Waals surface area contributed by atoms with Crippen molar-refractivity contribution in [2.45, 2.75) is 25.4 Å². The lowest BCUT2D eigenvalue weighted by atomic mass is 10.0. The zero-order valence-electron chi connectivity index (χ0n) is 15.3. The van der Waals surface area contributed by atoms with Gasteiger partial charge in [-0.15, -0.1) is 0 Å². The Balaban J connectivity index is 1.63. The van der Waals surface area contributed by atoms with E-state index in [1.807, 2.05) is 43.4 Å². The molecule has 1 fully saturated rings. The van der Waals surface area contributed by atoms with Crippen LogP contribution in [0.25, 0.3) is 0 Å². The van der Waals surface area contributed by atoms with Gasteiger partial charge in [0.15, 0.2) is 0 Å². The van der Waals surface area contributed by atoms with Crippen LogP contribution in [0.5, 0.6) is 5.75 Å². The molecule has 138 valence electrons. The van der Waals surface area contributed by atoms with Crippen LogP contribution in [0, 0.1) is 5.82 Å². The lowest BCUT2D eigenvalue weighted by Gasteiger charge is -2.27. The summed E-state index contributed by atoms with van der Waals surface area (Å²) in [6, 6.07) is 14.5. The van der Waals surface area contributed by atoms with E-state index in [9.17, 15) is 9.18 Å². The molecule has 3 rings (SSSR count). The predicted molar refractivity (Wildman–Crippen MR) is 99.4 cm³/mol. The van der Waals surface area contributed by atoms with Crippen LogP contribution in [-0.4, -0.2) is 43.0 Å². The Morgan fingerprint density at radius 2 is 1.96 bits per heavy atom. The minimum atomic E-state index is -0.231. The summed E-state index contributed by atoms with van der Waals surface area (Å²) >= 11 is 0. The maximum atomic E-state index is 13.2. The van der Waals surface area contributed by atoms with Crippen LogP contribution in [0.4, 0.5) is 4.39 Å². The highest BCUT2D eigenvalue weighted by molar-refractivity contribution is 5.78. The second-order valence-corrected chi connectivity index (χ2v) is 6.74. The number of benzene rings is 2. The molecule has 26 heavy (non-hydrogen) atoms. The second kappa shape index (κ2) is 8.32. The zero-order chi connectivity index (χ0) is 18.5. The number of likely N-dealkylation sites (tertiary alicyclic amines) is 1. The summed E-state index contributed by atoms with van der Waals surface area (Å²) in [5.41, 5.74) is 2.06. The Kier molecular flexibility index (Phi) is 5.89. The molecule has 2 aromatic carbocycles. The zero-order valence-corrected chi connectivity index (χ0v) is 15.3. The first kappa shape index (κ1) is 18.4. The summed E-state index contributed by atoms with van der Waals surface area (Å²) in [4.78, 5) is 16.6. The average molecular weight is 356 g/mol. The number of hydrogen-bond donors (Lipinski definition) is 0. The number of carbonyl (C=O) groups excluding carboxylic acids is 1. The molecule has 1 aliphatic heterocycles. The first-order chi connectivity index (χ1) is 12.6. The summed E-state index contributed by atoms with van der Waals surface area (Å²) in [7, 11) is 3.45. The third-order valence-electron chi connectivity index (χ3n) is 4.98. The average Bonchev–Trinajstić information content (AvgIpc) is 3.10. The number of likely N-dealkylation sites (N-methyl/N-ethyl adjacent to an activating group) is 1. The van der Waals surface area contributed by atoms with Crippen molar-refractivity contribution in [3.63, 3.8) is 0 Å². The third kappa shape index (κ3) is 4.22. The Bertz CT molecular complexity index is 748. The van der Waals surface area contributed by atoms with E-state index in [1.165, 1.54) is 12.1 Å². The summed E-state index contributed by atoms with van der Waals surface area (Å²) in [5, 5.41) is 0. The van der Waals surface area contributed by atoms with Crippen LogP contribution >= 0.6 is 0 Å². The molecule has 0 saturated carbocycles. The molecule has 1 amide bonds. The van der Waals surface area contributed by atoms with E-state index in [4.69, 9.17) is 4.74 Å². The highest BCUT2D eigenvalue weighted by Crippen LogP contribution is 2.31. The van der Waals surface area contributed by atoms with E-state index in [-0.39, 0.29) is 17.8 Å². The number of hydrogen-bond acceptors (Lipinski definition) is 3. The number of amides is 1. The van der Waals surface area contributed by atoms with E-state index in [0.29, 0.717) is 13.1 Å². The molecule has 0 N–H and O–H groups in total. The van der Waals surface area contributed by atoms with Gasteiger partial charge in [-0.2, -0.15) is 0 Å². The summed E-state index contributed by atoms with van der Waals surface area (Å²) in [5.74, 6) is 0.633. The van der Waals surface area contributed by atoms with Crippen LogP contribution in [-0.2, 0) is 11.3 Å². The Hall–Kier alpha value is -2.40. The molecule has 1 unspecified atom stereocenters. The van der Waals surface area contributed by atoms with Gasteiger partial charge in [0.2, 0.25) is 5.91 Å². The molecule has 4 nitrogen and oxygen atoms in total. The van der Waals surface area contributed by atoms with Gasteiger partial charge in [-0.05, 0) is 43.1 Å². The van der Waals surface area contributed by atoms with E-state index >= 15 is 0 Å². The molecule has 1 atom stereocenters. The highest BCUT2D eigenvalue weighted by Gasteiger charge is 2.28. The third-order valence-corrected chi connectivity index (χ3v) is 4.98. The molecule has 0 aromatic heterocycles. The SMILES string of the molecule is COc1ccccc1CN(C)C(=O)CN1CCCC1c1ccc(F)cc1. The van der Waals surface area contributed by atoms with Gasteiger partial charge < -0.3 is 9.64 Å². The van der Waals surface area contributed by atoms with Crippen LogP contribution in [0.2, 0.25) is 0 Å². The van der Waals surface area contributed by atoms with Crippen LogP contribution in [0.15, 0.2) is 48.5 Å². The molecule has 0 bridgehead atoms. The first-order valence-electron chi connectivity index (χ1n) is 8.94. The topological polar surface area (TPSA) is 32.8 Å². The largest absolute Gasteiger partial charge is 0.496 e. The smallest absolute Gasteiger partial charge is 0.236 e. The first-order valence-corrected chi connectivity index (χ1v) is 8.94. The highest BCUT2D eigenvalue weighted by atomic mass is 19.1. The molecular formula is C21H25FN2O2. The maximum absolute atomic E-state index is 13.2. The van der Waals surface area contributed by atoms with Crippen LogP contribution in [0.3, 0.4) is 0 Å². The number of halogens is 1.